The lowest BCUT2D eigenvalue weighted by Crippen LogP contribution is -2.38. The number of hydrogen-bond donors (Lipinski definition) is 1. The summed E-state index contributed by atoms with van der Waals surface area (Å²) >= 11 is 0. The first kappa shape index (κ1) is 11.9. The van der Waals surface area contributed by atoms with E-state index in [0.717, 1.165) is 32.4 Å². The molecule has 0 aromatic heterocycles. The van der Waals surface area contributed by atoms with Gasteiger partial charge in [-0.2, -0.15) is 0 Å². The molecular formula is C12H21NO3. The van der Waals surface area contributed by atoms with Crippen molar-refractivity contribution in [3.63, 3.8) is 0 Å². The summed E-state index contributed by atoms with van der Waals surface area (Å²) in [6, 6.07) is -0.108. The Morgan fingerprint density at radius 1 is 1.44 bits per heavy atom. The molecule has 0 aliphatic carbocycles. The van der Waals surface area contributed by atoms with E-state index in [4.69, 9.17) is 9.47 Å². The SMILES string of the molecule is CC1CCNC1C(=O)OCC1CCCCO1. The van der Waals surface area contributed by atoms with Crippen LogP contribution in [0.2, 0.25) is 0 Å². The molecule has 2 fully saturated rings. The van der Waals surface area contributed by atoms with Crippen LogP contribution in [0.1, 0.15) is 32.6 Å². The average molecular weight is 227 g/mol. The lowest BCUT2D eigenvalue weighted by atomic mass is 10.0. The number of esters is 1. The van der Waals surface area contributed by atoms with Crippen molar-refractivity contribution in [2.75, 3.05) is 19.8 Å². The fourth-order valence-electron chi connectivity index (χ4n) is 2.35. The van der Waals surface area contributed by atoms with Gasteiger partial charge in [-0.15, -0.1) is 0 Å². The largest absolute Gasteiger partial charge is 0.462 e. The minimum absolute atomic E-state index is 0.108. The number of rotatable bonds is 3. The van der Waals surface area contributed by atoms with Crippen molar-refractivity contribution in [3.8, 4) is 0 Å². The van der Waals surface area contributed by atoms with Gasteiger partial charge in [0, 0.05) is 6.61 Å². The molecule has 4 nitrogen and oxygen atoms in total. The molecule has 92 valence electrons. The van der Waals surface area contributed by atoms with E-state index < -0.39 is 0 Å². The van der Waals surface area contributed by atoms with Gasteiger partial charge in [0.15, 0.2) is 0 Å². The van der Waals surface area contributed by atoms with Crippen molar-refractivity contribution in [1.82, 2.24) is 5.32 Å². The topological polar surface area (TPSA) is 47.6 Å². The Bertz CT molecular complexity index is 238. The predicted molar refractivity (Wildman–Crippen MR) is 60.1 cm³/mol. The molecule has 2 aliphatic heterocycles. The Balaban J connectivity index is 1.70. The van der Waals surface area contributed by atoms with Crippen LogP contribution in [0.25, 0.3) is 0 Å². The molecule has 0 aromatic carbocycles. The zero-order valence-electron chi connectivity index (χ0n) is 9.91. The minimum Gasteiger partial charge on any atom is -0.462 e. The van der Waals surface area contributed by atoms with E-state index >= 15 is 0 Å². The smallest absolute Gasteiger partial charge is 0.323 e. The van der Waals surface area contributed by atoms with Crippen molar-refractivity contribution >= 4 is 5.97 Å². The third kappa shape index (κ3) is 2.95. The second kappa shape index (κ2) is 5.64. The van der Waals surface area contributed by atoms with Gasteiger partial charge < -0.3 is 14.8 Å². The Morgan fingerprint density at radius 3 is 2.94 bits per heavy atom. The Morgan fingerprint density at radius 2 is 2.31 bits per heavy atom. The molecule has 0 radical (unpaired) electrons. The molecule has 0 amide bonds. The molecule has 3 unspecified atom stereocenters. The van der Waals surface area contributed by atoms with E-state index in [1.165, 1.54) is 6.42 Å². The first-order valence-corrected chi connectivity index (χ1v) is 6.29. The van der Waals surface area contributed by atoms with Crippen LogP contribution in [0.15, 0.2) is 0 Å². The fourth-order valence-corrected chi connectivity index (χ4v) is 2.35. The van der Waals surface area contributed by atoms with E-state index in [1.54, 1.807) is 0 Å². The summed E-state index contributed by atoms with van der Waals surface area (Å²) in [5.41, 5.74) is 0. The molecule has 0 spiro atoms. The molecular weight excluding hydrogens is 206 g/mol. The van der Waals surface area contributed by atoms with Crippen LogP contribution in [0.4, 0.5) is 0 Å². The molecule has 3 atom stereocenters. The zero-order chi connectivity index (χ0) is 11.4. The quantitative estimate of drug-likeness (QED) is 0.733. The molecule has 16 heavy (non-hydrogen) atoms. The molecule has 0 aromatic rings. The van der Waals surface area contributed by atoms with E-state index in [1.807, 2.05) is 0 Å². The van der Waals surface area contributed by atoms with Crippen molar-refractivity contribution in [2.45, 2.75) is 44.8 Å². The highest BCUT2D eigenvalue weighted by molar-refractivity contribution is 5.76. The molecule has 2 heterocycles. The summed E-state index contributed by atoms with van der Waals surface area (Å²) in [4.78, 5) is 11.8. The van der Waals surface area contributed by atoms with Gasteiger partial charge in [0.1, 0.15) is 12.6 Å². The fraction of sp³-hybridized carbons (Fsp3) is 0.917. The van der Waals surface area contributed by atoms with Crippen LogP contribution >= 0.6 is 0 Å². The minimum atomic E-state index is -0.112. The summed E-state index contributed by atoms with van der Waals surface area (Å²) in [5.74, 6) is 0.277. The molecule has 2 rings (SSSR count). The standard InChI is InChI=1S/C12H21NO3/c1-9-5-6-13-11(9)12(14)16-8-10-4-2-3-7-15-10/h9-11,13H,2-8H2,1H3. The monoisotopic (exact) mass is 227 g/mol. The highest BCUT2D eigenvalue weighted by atomic mass is 16.6. The second-order valence-electron chi connectivity index (χ2n) is 4.82. The third-order valence-corrected chi connectivity index (χ3v) is 3.47. The van der Waals surface area contributed by atoms with Crippen LogP contribution in [0.3, 0.4) is 0 Å². The Kier molecular flexibility index (Phi) is 4.18. The summed E-state index contributed by atoms with van der Waals surface area (Å²) in [6.45, 7) is 4.23. The van der Waals surface area contributed by atoms with Crippen LogP contribution in [0, 0.1) is 5.92 Å². The molecule has 2 aliphatic rings. The van der Waals surface area contributed by atoms with E-state index in [0.29, 0.717) is 12.5 Å². The number of nitrogens with one attached hydrogen (secondary N) is 1. The molecule has 4 heteroatoms. The van der Waals surface area contributed by atoms with Gasteiger partial charge in [-0.3, -0.25) is 4.79 Å². The van der Waals surface area contributed by atoms with Crippen molar-refractivity contribution in [2.24, 2.45) is 5.92 Å². The highest BCUT2D eigenvalue weighted by Gasteiger charge is 2.31. The summed E-state index contributed by atoms with van der Waals surface area (Å²) in [6.07, 6.45) is 4.50. The summed E-state index contributed by atoms with van der Waals surface area (Å²) in [5, 5.41) is 3.18. The Hall–Kier alpha value is -0.610. The second-order valence-corrected chi connectivity index (χ2v) is 4.82. The van der Waals surface area contributed by atoms with Crippen LogP contribution in [-0.2, 0) is 14.3 Å². The van der Waals surface area contributed by atoms with Gasteiger partial charge in [-0.25, -0.2) is 0 Å². The van der Waals surface area contributed by atoms with Crippen molar-refractivity contribution < 1.29 is 14.3 Å². The van der Waals surface area contributed by atoms with Crippen molar-refractivity contribution in [1.29, 1.82) is 0 Å². The Labute approximate surface area is 96.7 Å². The maximum Gasteiger partial charge on any atom is 0.323 e. The molecule has 2 saturated heterocycles. The van der Waals surface area contributed by atoms with E-state index in [2.05, 4.69) is 12.2 Å². The van der Waals surface area contributed by atoms with E-state index in [9.17, 15) is 4.79 Å². The van der Waals surface area contributed by atoms with Gasteiger partial charge in [0.2, 0.25) is 0 Å². The van der Waals surface area contributed by atoms with Gasteiger partial charge in [0.05, 0.1) is 6.10 Å². The van der Waals surface area contributed by atoms with Crippen LogP contribution in [0.5, 0.6) is 0 Å². The third-order valence-electron chi connectivity index (χ3n) is 3.47. The predicted octanol–water partition coefficient (Wildman–Crippen LogP) is 1.10. The first-order valence-electron chi connectivity index (χ1n) is 6.29. The zero-order valence-corrected chi connectivity index (χ0v) is 9.91. The summed E-state index contributed by atoms with van der Waals surface area (Å²) in [7, 11) is 0. The van der Waals surface area contributed by atoms with Gasteiger partial charge in [-0.1, -0.05) is 6.92 Å². The maximum absolute atomic E-state index is 11.8. The molecule has 0 saturated carbocycles. The van der Waals surface area contributed by atoms with Crippen LogP contribution in [-0.4, -0.2) is 37.9 Å². The number of ether oxygens (including phenoxy) is 2. The normalized spacial score (nSPS) is 34.9. The van der Waals surface area contributed by atoms with Gasteiger partial charge in [0.25, 0.3) is 0 Å². The summed E-state index contributed by atoms with van der Waals surface area (Å²) < 4.78 is 10.8. The lowest BCUT2D eigenvalue weighted by molar-refractivity contribution is -0.152. The number of carbonyl (C=O) groups excluding carboxylic acids is 1. The van der Waals surface area contributed by atoms with Crippen LogP contribution < -0.4 is 5.32 Å². The maximum atomic E-state index is 11.8. The van der Waals surface area contributed by atoms with Gasteiger partial charge in [-0.05, 0) is 38.1 Å². The number of carbonyl (C=O) groups is 1. The van der Waals surface area contributed by atoms with Crippen molar-refractivity contribution in [3.05, 3.63) is 0 Å². The first-order chi connectivity index (χ1) is 7.77. The average Bonchev–Trinajstić information content (AvgIpc) is 2.74. The number of hydrogen-bond acceptors (Lipinski definition) is 4. The molecule has 1 N–H and O–H groups in total. The van der Waals surface area contributed by atoms with E-state index in [-0.39, 0.29) is 18.1 Å². The highest BCUT2D eigenvalue weighted by Crippen LogP contribution is 2.17. The molecule has 0 bridgehead atoms. The van der Waals surface area contributed by atoms with Gasteiger partial charge >= 0.3 is 5.97 Å². The lowest BCUT2D eigenvalue weighted by Gasteiger charge is -2.23.